The molecular formula is C13H25NO5. The van der Waals surface area contributed by atoms with Gasteiger partial charge in [-0.25, -0.2) is 9.90 Å². The Morgan fingerprint density at radius 2 is 1.95 bits per heavy atom. The number of carbonyl (C=O) groups is 2. The highest BCUT2D eigenvalue weighted by Crippen LogP contribution is 2.27. The molecule has 0 saturated heterocycles. The van der Waals surface area contributed by atoms with Gasteiger partial charge in [0.1, 0.15) is 0 Å². The highest BCUT2D eigenvalue weighted by atomic mass is 16.8. The van der Waals surface area contributed by atoms with Gasteiger partial charge in [0.15, 0.2) is 6.29 Å². The number of ether oxygens (including phenoxy) is 1. The summed E-state index contributed by atoms with van der Waals surface area (Å²) in [4.78, 5) is 27.6. The monoisotopic (exact) mass is 275 g/mol. The van der Waals surface area contributed by atoms with Crippen LogP contribution in [0, 0.1) is 11.3 Å². The van der Waals surface area contributed by atoms with E-state index in [2.05, 4.69) is 0 Å². The maximum Gasteiger partial charge on any atom is 0.308 e. The van der Waals surface area contributed by atoms with Crippen LogP contribution in [-0.4, -0.2) is 42.0 Å². The molecule has 2 unspecified atom stereocenters. The lowest BCUT2D eigenvalue weighted by Crippen LogP contribution is -2.41. The molecule has 0 saturated carbocycles. The van der Waals surface area contributed by atoms with E-state index in [1.165, 1.54) is 0 Å². The number of aliphatic carboxylic acids is 1. The van der Waals surface area contributed by atoms with Crippen LogP contribution in [0.1, 0.15) is 41.0 Å². The number of hydroxylamine groups is 2. The first-order valence-corrected chi connectivity index (χ1v) is 6.49. The Bertz CT molecular complexity index is 287. The second-order valence-electron chi connectivity index (χ2n) is 5.36. The van der Waals surface area contributed by atoms with Gasteiger partial charge in [0.25, 0.3) is 0 Å². The Morgan fingerprint density at radius 1 is 1.37 bits per heavy atom. The summed E-state index contributed by atoms with van der Waals surface area (Å²) in [5.41, 5.74) is -0.468. The molecule has 0 spiro atoms. The fraction of sp³-hybridized carbons (Fsp3) is 0.846. The summed E-state index contributed by atoms with van der Waals surface area (Å²) in [6.45, 7) is 9.59. The van der Waals surface area contributed by atoms with Gasteiger partial charge in [0.05, 0.1) is 12.5 Å². The summed E-state index contributed by atoms with van der Waals surface area (Å²) in [5.74, 6) is -1.66. The lowest BCUT2D eigenvalue weighted by Gasteiger charge is -2.31. The molecule has 0 aliphatic heterocycles. The third-order valence-corrected chi connectivity index (χ3v) is 2.76. The lowest BCUT2D eigenvalue weighted by molar-refractivity contribution is -0.268. The van der Waals surface area contributed by atoms with Crippen molar-refractivity contribution in [3.8, 4) is 0 Å². The predicted octanol–water partition coefficient (Wildman–Crippen LogP) is 1.90. The van der Waals surface area contributed by atoms with Gasteiger partial charge in [-0.15, -0.1) is 0 Å². The van der Waals surface area contributed by atoms with Crippen LogP contribution in [-0.2, 0) is 19.2 Å². The summed E-state index contributed by atoms with van der Waals surface area (Å²) in [6, 6.07) is 0. The Labute approximate surface area is 114 Å². The van der Waals surface area contributed by atoms with Crippen LogP contribution in [0.15, 0.2) is 0 Å². The minimum atomic E-state index is -0.951. The third-order valence-electron chi connectivity index (χ3n) is 2.76. The molecule has 0 rings (SSSR count). The maximum atomic E-state index is 11.2. The molecular weight excluding hydrogens is 250 g/mol. The van der Waals surface area contributed by atoms with Crippen LogP contribution in [0.25, 0.3) is 0 Å². The highest BCUT2D eigenvalue weighted by Gasteiger charge is 2.33. The quantitative estimate of drug-likeness (QED) is 0.395. The second kappa shape index (κ2) is 8.12. The molecule has 0 fully saturated rings. The first-order chi connectivity index (χ1) is 8.76. The van der Waals surface area contributed by atoms with Crippen molar-refractivity contribution in [3.05, 3.63) is 0 Å². The first kappa shape index (κ1) is 17.9. The van der Waals surface area contributed by atoms with Crippen molar-refractivity contribution in [2.45, 2.75) is 47.3 Å². The van der Waals surface area contributed by atoms with Gasteiger partial charge in [-0.05, 0) is 18.8 Å². The first-order valence-electron chi connectivity index (χ1n) is 6.49. The van der Waals surface area contributed by atoms with E-state index in [0.717, 1.165) is 5.06 Å². The van der Waals surface area contributed by atoms with Gasteiger partial charge in [-0.2, -0.15) is 0 Å². The van der Waals surface area contributed by atoms with Crippen molar-refractivity contribution < 1.29 is 24.3 Å². The number of carboxylic acid groups (broad SMARTS) is 1. The number of rotatable bonds is 9. The van der Waals surface area contributed by atoms with E-state index in [-0.39, 0.29) is 6.54 Å². The summed E-state index contributed by atoms with van der Waals surface area (Å²) < 4.78 is 5.28. The topological polar surface area (TPSA) is 76.1 Å². The molecule has 0 heterocycles. The molecule has 112 valence electrons. The van der Waals surface area contributed by atoms with Crippen LogP contribution < -0.4 is 0 Å². The molecule has 0 aromatic carbocycles. The average molecular weight is 275 g/mol. The van der Waals surface area contributed by atoms with Gasteiger partial charge in [0.2, 0.25) is 6.41 Å². The molecule has 1 N–H and O–H groups in total. The summed E-state index contributed by atoms with van der Waals surface area (Å²) in [7, 11) is 0. The zero-order chi connectivity index (χ0) is 15.1. The molecule has 0 aliphatic carbocycles. The van der Waals surface area contributed by atoms with Crippen molar-refractivity contribution >= 4 is 12.4 Å². The summed E-state index contributed by atoms with van der Waals surface area (Å²) >= 11 is 0. The van der Waals surface area contributed by atoms with Crippen LogP contribution in [0.5, 0.6) is 0 Å². The van der Waals surface area contributed by atoms with Crippen LogP contribution in [0.2, 0.25) is 0 Å². The molecule has 2 atom stereocenters. The van der Waals surface area contributed by atoms with Gasteiger partial charge < -0.3 is 9.84 Å². The predicted molar refractivity (Wildman–Crippen MR) is 70.1 cm³/mol. The highest BCUT2D eigenvalue weighted by molar-refractivity contribution is 5.71. The summed E-state index contributed by atoms with van der Waals surface area (Å²) in [6.07, 6.45) is 0.527. The summed E-state index contributed by atoms with van der Waals surface area (Å²) in [5, 5.41) is 10.2. The van der Waals surface area contributed by atoms with Crippen LogP contribution in [0.4, 0.5) is 0 Å². The molecule has 6 nitrogen and oxygen atoms in total. The largest absolute Gasteiger partial charge is 0.481 e. The smallest absolute Gasteiger partial charge is 0.308 e. The Balaban J connectivity index is 4.68. The van der Waals surface area contributed by atoms with E-state index in [1.807, 2.05) is 34.6 Å². The number of hydrogen-bond acceptors (Lipinski definition) is 4. The second-order valence-corrected chi connectivity index (χ2v) is 5.36. The standard InChI is InChI=1S/C13H25NO5/c1-6-11(18-7-2)19-14(9-15)8-10(12(16)17)13(3,4)5/h9-11H,6-8H2,1-5H3,(H,16,17). The lowest BCUT2D eigenvalue weighted by atomic mass is 9.81. The molecule has 0 aliphatic rings. The minimum absolute atomic E-state index is 0.00803. The Morgan fingerprint density at radius 3 is 2.26 bits per heavy atom. The van der Waals surface area contributed by atoms with Crippen molar-refractivity contribution in [2.24, 2.45) is 11.3 Å². The maximum absolute atomic E-state index is 11.2. The fourth-order valence-corrected chi connectivity index (χ4v) is 1.57. The third kappa shape index (κ3) is 6.54. The molecule has 0 aromatic rings. The number of nitrogens with zero attached hydrogens (tertiary/aromatic N) is 1. The van der Waals surface area contributed by atoms with Gasteiger partial charge in [0, 0.05) is 6.61 Å². The number of amides is 1. The van der Waals surface area contributed by atoms with E-state index >= 15 is 0 Å². The van der Waals surface area contributed by atoms with E-state index < -0.39 is 23.6 Å². The van der Waals surface area contributed by atoms with Crippen LogP contribution in [0.3, 0.4) is 0 Å². The average Bonchev–Trinajstić information content (AvgIpc) is 2.30. The van der Waals surface area contributed by atoms with Gasteiger partial charge >= 0.3 is 5.97 Å². The van der Waals surface area contributed by atoms with Gasteiger partial charge in [-0.3, -0.25) is 9.59 Å². The molecule has 1 amide bonds. The molecule has 6 heteroatoms. The van der Waals surface area contributed by atoms with Crippen molar-refractivity contribution in [3.63, 3.8) is 0 Å². The van der Waals surface area contributed by atoms with E-state index in [4.69, 9.17) is 9.57 Å². The number of hydrogen-bond donors (Lipinski definition) is 1. The van der Waals surface area contributed by atoms with Gasteiger partial charge in [-0.1, -0.05) is 27.7 Å². The Hall–Kier alpha value is -1.14. The molecule has 0 aromatic heterocycles. The minimum Gasteiger partial charge on any atom is -0.481 e. The van der Waals surface area contributed by atoms with Crippen molar-refractivity contribution in [1.82, 2.24) is 5.06 Å². The Kier molecular flexibility index (Phi) is 7.63. The number of carboxylic acids is 1. The van der Waals surface area contributed by atoms with Crippen molar-refractivity contribution in [1.29, 1.82) is 0 Å². The van der Waals surface area contributed by atoms with E-state index in [1.54, 1.807) is 0 Å². The molecule has 19 heavy (non-hydrogen) atoms. The molecule has 0 radical (unpaired) electrons. The number of carbonyl (C=O) groups excluding carboxylic acids is 1. The SMILES string of the molecule is CCOC(CC)ON(C=O)CC(C(=O)O)C(C)(C)C. The van der Waals surface area contributed by atoms with Crippen molar-refractivity contribution in [2.75, 3.05) is 13.2 Å². The molecule has 0 bridgehead atoms. The normalized spacial score (nSPS) is 14.8. The van der Waals surface area contributed by atoms with Crippen LogP contribution >= 0.6 is 0 Å². The van der Waals surface area contributed by atoms with E-state index in [9.17, 15) is 14.7 Å². The fourth-order valence-electron chi connectivity index (χ4n) is 1.57. The zero-order valence-corrected chi connectivity index (χ0v) is 12.4. The zero-order valence-electron chi connectivity index (χ0n) is 12.4. The van der Waals surface area contributed by atoms with E-state index in [0.29, 0.717) is 19.4 Å².